The maximum Gasteiger partial charge on any atom is 0.325 e. The number of nitrogens with one attached hydrogen (secondary N) is 1. The molecule has 1 aliphatic heterocycles. The molecule has 4 amide bonds. The lowest BCUT2D eigenvalue weighted by molar-refractivity contribution is -0.141. The molecule has 140 valence electrons. The highest BCUT2D eigenvalue weighted by atomic mass is 32.1. The number of hydrogen-bond acceptors (Lipinski definition) is 4. The van der Waals surface area contributed by atoms with Gasteiger partial charge in [0, 0.05) is 12.6 Å². The molecule has 2 unspecified atom stereocenters. The Morgan fingerprint density at radius 2 is 2.15 bits per heavy atom. The van der Waals surface area contributed by atoms with Crippen molar-refractivity contribution in [1.29, 1.82) is 0 Å². The van der Waals surface area contributed by atoms with Crippen molar-refractivity contribution in [2.75, 3.05) is 6.54 Å². The highest BCUT2D eigenvalue weighted by Crippen LogP contribution is 2.38. The number of carbonyl (C=O) groups excluding carboxylic acids is 3. The van der Waals surface area contributed by atoms with Gasteiger partial charge in [-0.3, -0.25) is 14.5 Å². The quantitative estimate of drug-likeness (QED) is 0.805. The van der Waals surface area contributed by atoms with Gasteiger partial charge in [0.2, 0.25) is 5.91 Å². The van der Waals surface area contributed by atoms with E-state index in [9.17, 15) is 14.4 Å². The van der Waals surface area contributed by atoms with Crippen LogP contribution in [0, 0.1) is 5.92 Å². The van der Waals surface area contributed by atoms with Crippen molar-refractivity contribution in [3.05, 3.63) is 22.4 Å². The van der Waals surface area contributed by atoms with Crippen LogP contribution in [0.3, 0.4) is 0 Å². The second-order valence-electron chi connectivity index (χ2n) is 7.82. The molecule has 7 heteroatoms. The summed E-state index contributed by atoms with van der Waals surface area (Å²) in [6.45, 7) is 2.42. The van der Waals surface area contributed by atoms with Gasteiger partial charge in [-0.15, -0.1) is 0 Å². The Bertz CT molecular complexity index is 716. The van der Waals surface area contributed by atoms with Gasteiger partial charge in [0.15, 0.2) is 0 Å². The van der Waals surface area contributed by atoms with E-state index in [1.165, 1.54) is 0 Å². The van der Waals surface area contributed by atoms with Gasteiger partial charge in [0.1, 0.15) is 12.1 Å². The predicted molar refractivity (Wildman–Crippen MR) is 98.5 cm³/mol. The summed E-state index contributed by atoms with van der Waals surface area (Å²) < 4.78 is 0. The van der Waals surface area contributed by atoms with Crippen LogP contribution >= 0.6 is 11.3 Å². The first-order valence-corrected chi connectivity index (χ1v) is 10.4. The summed E-state index contributed by atoms with van der Waals surface area (Å²) in [5.74, 6) is -0.241. The second kappa shape index (κ2) is 6.68. The van der Waals surface area contributed by atoms with Gasteiger partial charge in [-0.1, -0.05) is 19.8 Å². The van der Waals surface area contributed by atoms with Gasteiger partial charge in [-0.25, -0.2) is 4.79 Å². The first-order chi connectivity index (χ1) is 12.5. The van der Waals surface area contributed by atoms with Gasteiger partial charge in [-0.05, 0) is 54.0 Å². The zero-order chi connectivity index (χ0) is 18.3. The molecule has 2 heterocycles. The highest BCUT2D eigenvalue weighted by molar-refractivity contribution is 7.07. The molecule has 1 spiro atoms. The zero-order valence-electron chi connectivity index (χ0n) is 15.1. The fourth-order valence-electron chi connectivity index (χ4n) is 4.25. The molecule has 4 rings (SSSR count). The number of carbonyl (C=O) groups is 3. The van der Waals surface area contributed by atoms with Crippen LogP contribution < -0.4 is 5.32 Å². The third-order valence-corrected chi connectivity index (χ3v) is 6.77. The maximum absolute atomic E-state index is 13.0. The van der Waals surface area contributed by atoms with E-state index in [1.54, 1.807) is 11.3 Å². The summed E-state index contributed by atoms with van der Waals surface area (Å²) in [5, 5.41) is 6.96. The van der Waals surface area contributed by atoms with Gasteiger partial charge in [0.25, 0.3) is 5.91 Å². The molecular weight excluding hydrogens is 350 g/mol. The van der Waals surface area contributed by atoms with Crippen molar-refractivity contribution < 1.29 is 14.4 Å². The largest absolute Gasteiger partial charge is 0.334 e. The van der Waals surface area contributed by atoms with E-state index >= 15 is 0 Å². The van der Waals surface area contributed by atoms with E-state index in [0.717, 1.165) is 42.6 Å². The Hall–Kier alpha value is -1.89. The van der Waals surface area contributed by atoms with Crippen LogP contribution in [0.15, 0.2) is 16.8 Å². The lowest BCUT2D eigenvalue weighted by atomic mass is 9.73. The molecule has 0 radical (unpaired) electrons. The Morgan fingerprint density at radius 1 is 1.35 bits per heavy atom. The number of nitrogens with zero attached hydrogens (tertiary/aromatic N) is 2. The Labute approximate surface area is 157 Å². The van der Waals surface area contributed by atoms with Gasteiger partial charge >= 0.3 is 6.03 Å². The van der Waals surface area contributed by atoms with Crippen molar-refractivity contribution in [2.24, 2.45) is 5.92 Å². The summed E-state index contributed by atoms with van der Waals surface area (Å²) in [6.07, 6.45) is 5.62. The average Bonchev–Trinajstić information content (AvgIpc) is 3.28. The van der Waals surface area contributed by atoms with E-state index in [4.69, 9.17) is 0 Å². The van der Waals surface area contributed by atoms with Crippen LogP contribution in [0.25, 0.3) is 0 Å². The molecule has 26 heavy (non-hydrogen) atoms. The fraction of sp³-hybridized carbons (Fsp3) is 0.632. The molecule has 0 aromatic carbocycles. The molecule has 2 aliphatic carbocycles. The van der Waals surface area contributed by atoms with Crippen molar-refractivity contribution in [3.63, 3.8) is 0 Å². The van der Waals surface area contributed by atoms with Crippen LogP contribution in [0.5, 0.6) is 0 Å². The number of amides is 4. The number of rotatable bonds is 5. The van der Waals surface area contributed by atoms with Crippen LogP contribution in [0.1, 0.15) is 51.0 Å². The van der Waals surface area contributed by atoms with Gasteiger partial charge < -0.3 is 10.2 Å². The highest BCUT2D eigenvalue weighted by Gasteiger charge is 2.55. The minimum Gasteiger partial charge on any atom is -0.334 e. The zero-order valence-corrected chi connectivity index (χ0v) is 15.9. The number of hydrogen-bond donors (Lipinski definition) is 1. The normalized spacial score (nSPS) is 28.5. The Kier molecular flexibility index (Phi) is 4.50. The second-order valence-corrected chi connectivity index (χ2v) is 8.60. The van der Waals surface area contributed by atoms with Crippen LogP contribution in [-0.2, 0) is 16.1 Å². The molecule has 3 aliphatic rings. The standard InChI is InChI=1S/C19H25N3O3S/c1-13-4-2-3-8-19(13)17(24)22(18(25)20-19)11-16(23)21(15-5-6-15)10-14-7-9-26-12-14/h7,9,12-13,15H,2-6,8,10-11H2,1H3,(H,20,25). The number of imide groups is 1. The maximum atomic E-state index is 13.0. The molecule has 1 aromatic rings. The Balaban J connectivity index is 1.48. The first-order valence-electron chi connectivity index (χ1n) is 9.46. The fourth-order valence-corrected chi connectivity index (χ4v) is 4.91. The van der Waals surface area contributed by atoms with E-state index in [0.29, 0.717) is 13.0 Å². The third kappa shape index (κ3) is 3.02. The summed E-state index contributed by atoms with van der Waals surface area (Å²) in [5.41, 5.74) is 0.303. The molecule has 3 fully saturated rings. The smallest absolute Gasteiger partial charge is 0.325 e. The van der Waals surface area contributed by atoms with E-state index in [2.05, 4.69) is 5.32 Å². The van der Waals surface area contributed by atoms with E-state index in [1.807, 2.05) is 28.7 Å². The third-order valence-electron chi connectivity index (χ3n) is 6.04. The van der Waals surface area contributed by atoms with Crippen molar-refractivity contribution in [2.45, 2.75) is 63.6 Å². The summed E-state index contributed by atoms with van der Waals surface area (Å²) in [4.78, 5) is 41.4. The average molecular weight is 375 g/mol. The van der Waals surface area contributed by atoms with Crippen molar-refractivity contribution in [3.8, 4) is 0 Å². The van der Waals surface area contributed by atoms with E-state index in [-0.39, 0.29) is 30.3 Å². The molecule has 2 saturated carbocycles. The molecular formula is C19H25N3O3S. The molecule has 1 N–H and O–H groups in total. The molecule has 1 saturated heterocycles. The number of urea groups is 1. The minimum absolute atomic E-state index is 0.109. The topological polar surface area (TPSA) is 69.7 Å². The lowest BCUT2D eigenvalue weighted by Crippen LogP contribution is -2.54. The molecule has 6 nitrogen and oxygen atoms in total. The Morgan fingerprint density at radius 3 is 2.81 bits per heavy atom. The summed E-state index contributed by atoms with van der Waals surface area (Å²) in [7, 11) is 0. The van der Waals surface area contributed by atoms with Gasteiger partial charge in [0.05, 0.1) is 0 Å². The SMILES string of the molecule is CC1CCCCC12NC(=O)N(CC(=O)N(Cc1ccsc1)C1CC1)C2=O. The van der Waals surface area contributed by atoms with Crippen molar-refractivity contribution >= 4 is 29.2 Å². The lowest BCUT2D eigenvalue weighted by Gasteiger charge is -2.36. The molecule has 1 aromatic heterocycles. The van der Waals surface area contributed by atoms with Crippen LogP contribution in [0.2, 0.25) is 0 Å². The molecule has 2 atom stereocenters. The summed E-state index contributed by atoms with van der Waals surface area (Å²) >= 11 is 1.61. The predicted octanol–water partition coefficient (Wildman–Crippen LogP) is 2.74. The van der Waals surface area contributed by atoms with Crippen LogP contribution in [-0.4, -0.2) is 45.8 Å². The first kappa shape index (κ1) is 17.5. The van der Waals surface area contributed by atoms with E-state index < -0.39 is 11.6 Å². The monoisotopic (exact) mass is 375 g/mol. The van der Waals surface area contributed by atoms with Gasteiger partial charge in [-0.2, -0.15) is 11.3 Å². The molecule has 0 bridgehead atoms. The summed E-state index contributed by atoms with van der Waals surface area (Å²) in [6, 6.07) is 1.84. The van der Waals surface area contributed by atoms with Crippen molar-refractivity contribution in [1.82, 2.24) is 15.1 Å². The minimum atomic E-state index is -0.798. The van der Waals surface area contributed by atoms with Crippen LogP contribution in [0.4, 0.5) is 4.79 Å². The number of thiophene rings is 1.